The first kappa shape index (κ1) is 21.4. The fourth-order valence-corrected chi connectivity index (χ4v) is 4.38. The lowest BCUT2D eigenvalue weighted by Crippen LogP contribution is -2.28. The van der Waals surface area contributed by atoms with Crippen LogP contribution in [0.3, 0.4) is 0 Å². The Morgan fingerprint density at radius 1 is 1.03 bits per heavy atom. The highest BCUT2D eigenvalue weighted by molar-refractivity contribution is 7.98. The predicted molar refractivity (Wildman–Crippen MR) is 128 cm³/mol. The number of hydrogen-bond acceptors (Lipinski definition) is 5. The number of pyridine rings is 1. The SMILES string of the molecule is CCN(CCOc1ccnc(CSc2nc3ccccc3[nH]2)c1C)Cc1ccccc1. The van der Waals surface area contributed by atoms with Gasteiger partial charge in [0.15, 0.2) is 5.16 Å². The summed E-state index contributed by atoms with van der Waals surface area (Å²) in [5.74, 6) is 1.66. The number of thioether (sulfide) groups is 1. The van der Waals surface area contributed by atoms with Crippen LogP contribution in [0.2, 0.25) is 0 Å². The van der Waals surface area contributed by atoms with Crippen molar-refractivity contribution in [1.29, 1.82) is 0 Å². The average molecular weight is 433 g/mol. The van der Waals surface area contributed by atoms with E-state index in [0.29, 0.717) is 6.61 Å². The minimum atomic E-state index is 0.654. The fourth-order valence-electron chi connectivity index (χ4n) is 3.47. The van der Waals surface area contributed by atoms with Gasteiger partial charge in [-0.15, -0.1) is 0 Å². The van der Waals surface area contributed by atoms with Gasteiger partial charge in [-0.25, -0.2) is 4.98 Å². The number of H-pyrrole nitrogens is 1. The van der Waals surface area contributed by atoms with E-state index in [-0.39, 0.29) is 0 Å². The third-order valence-electron chi connectivity index (χ3n) is 5.33. The molecule has 0 aliphatic carbocycles. The molecule has 0 atom stereocenters. The van der Waals surface area contributed by atoms with Gasteiger partial charge in [-0.1, -0.05) is 61.2 Å². The number of para-hydroxylation sites is 2. The minimum Gasteiger partial charge on any atom is -0.492 e. The van der Waals surface area contributed by atoms with Crippen LogP contribution in [-0.4, -0.2) is 39.5 Å². The first-order chi connectivity index (χ1) is 15.2. The molecule has 0 unspecified atom stereocenters. The van der Waals surface area contributed by atoms with Crippen LogP contribution >= 0.6 is 11.8 Å². The molecule has 160 valence electrons. The second-order valence-electron chi connectivity index (χ2n) is 7.43. The maximum absolute atomic E-state index is 6.13. The Bertz CT molecular complexity index is 1080. The standard InChI is InChI=1S/C25H28N4OS/c1-3-29(17-20-9-5-4-6-10-20)15-16-30-24-13-14-26-23(19(24)2)18-31-25-27-21-11-7-8-12-22(21)28-25/h4-14H,3,15-18H2,1-2H3,(H,27,28). The molecule has 5 nitrogen and oxygen atoms in total. The second kappa shape index (κ2) is 10.5. The van der Waals surface area contributed by atoms with Crippen LogP contribution < -0.4 is 4.74 Å². The van der Waals surface area contributed by atoms with Crippen molar-refractivity contribution < 1.29 is 4.74 Å². The van der Waals surface area contributed by atoms with Crippen molar-refractivity contribution in [3.63, 3.8) is 0 Å². The number of benzene rings is 2. The molecular weight excluding hydrogens is 404 g/mol. The number of imidazole rings is 1. The smallest absolute Gasteiger partial charge is 0.166 e. The average Bonchev–Trinajstić information content (AvgIpc) is 3.22. The molecule has 4 rings (SSSR count). The van der Waals surface area contributed by atoms with Gasteiger partial charge in [0.05, 0.1) is 16.7 Å². The summed E-state index contributed by atoms with van der Waals surface area (Å²) in [5, 5.41) is 0.910. The van der Waals surface area contributed by atoms with Gasteiger partial charge in [0.2, 0.25) is 0 Å². The molecule has 2 heterocycles. The van der Waals surface area contributed by atoms with Gasteiger partial charge in [0, 0.05) is 30.6 Å². The Hall–Kier alpha value is -2.83. The fraction of sp³-hybridized carbons (Fsp3) is 0.280. The summed E-state index contributed by atoms with van der Waals surface area (Å²) in [7, 11) is 0. The highest BCUT2D eigenvalue weighted by Gasteiger charge is 2.10. The Morgan fingerprint density at radius 3 is 2.65 bits per heavy atom. The lowest BCUT2D eigenvalue weighted by atomic mass is 10.2. The van der Waals surface area contributed by atoms with Gasteiger partial charge in [0.1, 0.15) is 12.4 Å². The molecule has 0 amide bonds. The number of rotatable bonds is 10. The molecule has 31 heavy (non-hydrogen) atoms. The largest absolute Gasteiger partial charge is 0.492 e. The monoisotopic (exact) mass is 432 g/mol. The predicted octanol–water partition coefficient (Wildman–Crippen LogP) is 5.46. The minimum absolute atomic E-state index is 0.654. The van der Waals surface area contributed by atoms with Gasteiger partial charge in [-0.2, -0.15) is 0 Å². The van der Waals surface area contributed by atoms with Gasteiger partial charge < -0.3 is 9.72 Å². The Morgan fingerprint density at radius 2 is 1.84 bits per heavy atom. The van der Waals surface area contributed by atoms with Crippen molar-refractivity contribution in [2.75, 3.05) is 19.7 Å². The third-order valence-corrected chi connectivity index (χ3v) is 6.22. The molecule has 0 saturated heterocycles. The third kappa shape index (κ3) is 5.66. The zero-order valence-electron chi connectivity index (χ0n) is 18.0. The number of hydrogen-bond donors (Lipinski definition) is 1. The van der Waals surface area contributed by atoms with Crippen LogP contribution in [0.25, 0.3) is 11.0 Å². The zero-order chi connectivity index (χ0) is 21.5. The molecule has 6 heteroatoms. The highest BCUT2D eigenvalue weighted by Crippen LogP contribution is 2.27. The van der Waals surface area contributed by atoms with Gasteiger partial charge in [-0.3, -0.25) is 9.88 Å². The van der Waals surface area contributed by atoms with E-state index in [9.17, 15) is 0 Å². The van der Waals surface area contributed by atoms with Gasteiger partial charge in [-0.05, 0) is 37.2 Å². The van der Waals surface area contributed by atoms with E-state index in [1.165, 1.54) is 5.56 Å². The van der Waals surface area contributed by atoms with E-state index in [4.69, 9.17) is 4.74 Å². The molecule has 0 aliphatic rings. The quantitative estimate of drug-likeness (QED) is 0.337. The second-order valence-corrected chi connectivity index (χ2v) is 8.40. The lowest BCUT2D eigenvalue weighted by molar-refractivity contribution is 0.209. The summed E-state index contributed by atoms with van der Waals surface area (Å²) >= 11 is 1.66. The van der Waals surface area contributed by atoms with E-state index in [0.717, 1.165) is 58.6 Å². The molecule has 0 aliphatic heterocycles. The molecule has 0 saturated carbocycles. The van der Waals surface area contributed by atoms with Crippen LogP contribution in [0.15, 0.2) is 72.0 Å². The number of fused-ring (bicyclic) bond motifs is 1. The molecule has 0 fully saturated rings. The van der Waals surface area contributed by atoms with Crippen molar-refractivity contribution in [2.45, 2.75) is 31.3 Å². The lowest BCUT2D eigenvalue weighted by Gasteiger charge is -2.21. The summed E-state index contributed by atoms with van der Waals surface area (Å²) in [6, 6.07) is 20.6. The van der Waals surface area contributed by atoms with Crippen molar-refractivity contribution in [3.05, 3.63) is 83.7 Å². The van der Waals surface area contributed by atoms with E-state index in [2.05, 4.69) is 64.0 Å². The first-order valence-electron chi connectivity index (χ1n) is 10.6. The molecule has 0 radical (unpaired) electrons. The highest BCUT2D eigenvalue weighted by atomic mass is 32.2. The zero-order valence-corrected chi connectivity index (χ0v) is 18.9. The summed E-state index contributed by atoms with van der Waals surface area (Å²) in [4.78, 5) is 15.0. The van der Waals surface area contributed by atoms with E-state index in [1.807, 2.05) is 36.5 Å². The van der Waals surface area contributed by atoms with Crippen LogP contribution in [0.5, 0.6) is 5.75 Å². The summed E-state index contributed by atoms with van der Waals surface area (Å²) in [6.07, 6.45) is 1.83. The maximum Gasteiger partial charge on any atom is 0.166 e. The molecule has 0 bridgehead atoms. The number of ether oxygens (including phenoxy) is 1. The Kier molecular flexibility index (Phi) is 7.22. The Labute approximate surface area is 187 Å². The number of aromatic nitrogens is 3. The van der Waals surface area contributed by atoms with Crippen LogP contribution in [0, 0.1) is 6.92 Å². The van der Waals surface area contributed by atoms with Crippen molar-refractivity contribution in [2.24, 2.45) is 0 Å². The summed E-state index contributed by atoms with van der Waals surface area (Å²) in [6.45, 7) is 7.74. The number of likely N-dealkylation sites (N-methyl/N-ethyl adjacent to an activating group) is 1. The van der Waals surface area contributed by atoms with E-state index < -0.39 is 0 Å². The molecule has 1 N–H and O–H groups in total. The molecule has 4 aromatic rings. The molecule has 2 aromatic carbocycles. The molecule has 0 spiro atoms. The number of nitrogens with one attached hydrogen (secondary N) is 1. The van der Waals surface area contributed by atoms with Crippen LogP contribution in [0.1, 0.15) is 23.7 Å². The van der Waals surface area contributed by atoms with Crippen molar-refractivity contribution in [1.82, 2.24) is 19.9 Å². The normalized spacial score (nSPS) is 11.3. The van der Waals surface area contributed by atoms with Gasteiger partial charge >= 0.3 is 0 Å². The van der Waals surface area contributed by atoms with E-state index in [1.54, 1.807) is 11.8 Å². The number of aromatic amines is 1. The topological polar surface area (TPSA) is 54.0 Å². The maximum atomic E-state index is 6.13. The van der Waals surface area contributed by atoms with Gasteiger partial charge in [0.25, 0.3) is 0 Å². The molecular formula is C25H28N4OS. The Balaban J connectivity index is 1.32. The van der Waals surface area contributed by atoms with E-state index >= 15 is 0 Å². The van der Waals surface area contributed by atoms with Crippen LogP contribution in [0.4, 0.5) is 0 Å². The number of nitrogens with zero attached hydrogens (tertiary/aromatic N) is 3. The first-order valence-corrected chi connectivity index (χ1v) is 11.6. The molecule has 2 aromatic heterocycles. The van der Waals surface area contributed by atoms with Crippen LogP contribution in [-0.2, 0) is 12.3 Å². The summed E-state index contributed by atoms with van der Waals surface area (Å²) < 4.78 is 6.13. The van der Waals surface area contributed by atoms with Crippen molar-refractivity contribution in [3.8, 4) is 5.75 Å². The summed E-state index contributed by atoms with van der Waals surface area (Å²) in [5.41, 5.74) is 5.50. The van der Waals surface area contributed by atoms with Crippen molar-refractivity contribution >= 4 is 22.8 Å².